The zero-order chi connectivity index (χ0) is 30.1. The van der Waals surface area contributed by atoms with Crippen LogP contribution in [0.1, 0.15) is 43.4 Å². The summed E-state index contributed by atoms with van der Waals surface area (Å²) in [5.74, 6) is -0.0497. The third-order valence-electron chi connectivity index (χ3n) is 7.89. The molecule has 8 heteroatoms. The predicted octanol–water partition coefficient (Wildman–Crippen LogP) is 6.40. The molecule has 0 saturated carbocycles. The molecular weight excluding hydrogens is 546 g/mol. The Hall–Kier alpha value is -4.85. The van der Waals surface area contributed by atoms with Gasteiger partial charge in [-0.3, -0.25) is 14.2 Å². The first kappa shape index (κ1) is 28.7. The number of nitrogens with zero attached hydrogens (tertiary/aromatic N) is 5. The van der Waals surface area contributed by atoms with E-state index in [2.05, 4.69) is 32.6 Å². The molecule has 42 heavy (non-hydrogen) atoms. The molecule has 1 atom stereocenters. The van der Waals surface area contributed by atoms with Gasteiger partial charge in [0.25, 0.3) is 5.56 Å². The van der Waals surface area contributed by atoms with Crippen LogP contribution in [0.25, 0.3) is 27.7 Å². The molecule has 210 valence electrons. The summed E-state index contributed by atoms with van der Waals surface area (Å²) >= 11 is 6.95. The van der Waals surface area contributed by atoms with Crippen LogP contribution in [0.15, 0.2) is 78.1 Å². The topological polar surface area (TPSA) is 93.1 Å². The zero-order valence-corrected chi connectivity index (χ0v) is 24.5. The quantitative estimate of drug-likeness (QED) is 0.257. The second-order valence-corrected chi connectivity index (χ2v) is 11.1. The average Bonchev–Trinajstić information content (AvgIpc) is 3.00. The van der Waals surface area contributed by atoms with Crippen molar-refractivity contribution in [3.8, 4) is 29.0 Å². The number of amides is 1. The largest absolute Gasteiger partial charge is 0.363 e. The lowest BCUT2D eigenvalue weighted by molar-refractivity contribution is -0.126. The molecule has 1 fully saturated rings. The number of hydrogen-bond donors (Lipinski definition) is 0. The van der Waals surface area contributed by atoms with Gasteiger partial charge in [-0.1, -0.05) is 68.4 Å². The van der Waals surface area contributed by atoms with E-state index in [0.29, 0.717) is 63.6 Å². The lowest BCUT2D eigenvalue weighted by Gasteiger charge is -2.41. The lowest BCUT2D eigenvalue weighted by atomic mass is 9.96. The molecule has 0 radical (unpaired) electrons. The fourth-order valence-corrected chi connectivity index (χ4v) is 6.12. The van der Waals surface area contributed by atoms with Gasteiger partial charge < -0.3 is 9.80 Å². The van der Waals surface area contributed by atoms with Gasteiger partial charge in [0.05, 0.1) is 28.5 Å². The van der Waals surface area contributed by atoms with E-state index in [9.17, 15) is 20.1 Å². The van der Waals surface area contributed by atoms with Gasteiger partial charge in [0.15, 0.2) is 0 Å². The monoisotopic (exact) mass is 575 g/mol. The summed E-state index contributed by atoms with van der Waals surface area (Å²) in [5.41, 5.74) is 4.01. The fraction of sp³-hybridized carbons (Fsp3) is 0.235. The Balaban J connectivity index is 1.88. The molecule has 2 heterocycles. The highest BCUT2D eigenvalue weighted by molar-refractivity contribution is 6.34. The van der Waals surface area contributed by atoms with E-state index >= 15 is 0 Å². The van der Waals surface area contributed by atoms with Crippen LogP contribution in [0.5, 0.6) is 0 Å². The first-order valence-corrected chi connectivity index (χ1v) is 14.2. The number of benzene rings is 3. The van der Waals surface area contributed by atoms with Crippen molar-refractivity contribution in [2.75, 3.05) is 24.5 Å². The molecular formula is C34H30ClN5O2. The summed E-state index contributed by atoms with van der Waals surface area (Å²) in [6, 6.07) is 22.8. The van der Waals surface area contributed by atoms with Gasteiger partial charge in [-0.25, -0.2) is 0 Å². The van der Waals surface area contributed by atoms with Crippen LogP contribution >= 0.6 is 11.6 Å². The van der Waals surface area contributed by atoms with Gasteiger partial charge in [-0.05, 0) is 48.7 Å². The van der Waals surface area contributed by atoms with E-state index in [0.717, 1.165) is 5.56 Å². The second-order valence-electron chi connectivity index (χ2n) is 10.7. The van der Waals surface area contributed by atoms with Crippen LogP contribution in [-0.4, -0.2) is 41.1 Å². The average molecular weight is 576 g/mol. The normalized spacial score (nSPS) is 15.0. The maximum absolute atomic E-state index is 14.4. The first-order valence-electron chi connectivity index (χ1n) is 13.8. The molecule has 1 aliphatic rings. The number of nitriles is 2. The minimum absolute atomic E-state index is 0.0117. The summed E-state index contributed by atoms with van der Waals surface area (Å²) in [5, 5.41) is 21.3. The van der Waals surface area contributed by atoms with E-state index in [1.807, 2.05) is 54.3 Å². The van der Waals surface area contributed by atoms with Crippen LogP contribution in [0.4, 0.5) is 5.69 Å². The predicted molar refractivity (Wildman–Crippen MR) is 167 cm³/mol. The van der Waals surface area contributed by atoms with Gasteiger partial charge in [-0.2, -0.15) is 10.5 Å². The number of hydrogen-bond acceptors (Lipinski definition) is 5. The number of anilines is 1. The molecule has 0 N–H and O–H groups in total. The lowest BCUT2D eigenvalue weighted by Crippen LogP contribution is -2.54. The van der Waals surface area contributed by atoms with E-state index in [4.69, 9.17) is 11.6 Å². The third kappa shape index (κ3) is 4.83. The third-order valence-corrected chi connectivity index (χ3v) is 8.20. The summed E-state index contributed by atoms with van der Waals surface area (Å²) in [4.78, 5) is 30.5. The van der Waals surface area contributed by atoms with Crippen molar-refractivity contribution in [3.63, 3.8) is 0 Å². The van der Waals surface area contributed by atoms with Gasteiger partial charge >= 0.3 is 0 Å². The van der Waals surface area contributed by atoms with E-state index in [-0.39, 0.29) is 23.4 Å². The Bertz CT molecular complexity index is 1880. The van der Waals surface area contributed by atoms with Gasteiger partial charge in [0.1, 0.15) is 11.6 Å². The highest BCUT2D eigenvalue weighted by Gasteiger charge is 2.31. The molecule has 0 aliphatic carbocycles. The van der Waals surface area contributed by atoms with Crippen molar-refractivity contribution in [1.29, 1.82) is 10.5 Å². The Morgan fingerprint density at radius 3 is 2.43 bits per heavy atom. The standard InChI is InChI=1S/C34H30ClN5O2/c1-5-32(41)38-14-15-39(22(4)20-38)33-27-16-29(35)26(25-12-7-6-10-23(25)18-36)17-31(27)40(34(42)28(33)19-37)30-13-9-8-11-24(30)21(2)3/h5-13,16-17,21-22H,1,14-15,20H2,2-4H3/t22-/m0/s1. The van der Waals surface area contributed by atoms with E-state index in [1.54, 1.807) is 27.7 Å². The van der Waals surface area contributed by atoms with E-state index < -0.39 is 5.56 Å². The number of carbonyl (C=O) groups excluding carboxylic acids is 1. The number of fused-ring (bicyclic) bond motifs is 1. The van der Waals surface area contributed by atoms with Gasteiger partial charge in [-0.15, -0.1) is 0 Å². The highest BCUT2D eigenvalue weighted by atomic mass is 35.5. The van der Waals surface area contributed by atoms with Crippen molar-refractivity contribution in [2.45, 2.75) is 32.7 Å². The van der Waals surface area contributed by atoms with Crippen LogP contribution in [0, 0.1) is 22.7 Å². The zero-order valence-electron chi connectivity index (χ0n) is 23.8. The van der Waals surface area contributed by atoms with Crippen LogP contribution < -0.4 is 10.5 Å². The summed E-state index contributed by atoms with van der Waals surface area (Å²) in [6.45, 7) is 10.9. The molecule has 3 aromatic carbocycles. The van der Waals surface area contributed by atoms with E-state index in [1.165, 1.54) is 6.08 Å². The maximum Gasteiger partial charge on any atom is 0.275 e. The van der Waals surface area contributed by atoms with Crippen LogP contribution in [-0.2, 0) is 4.79 Å². The van der Waals surface area contributed by atoms with Gasteiger partial charge in [0.2, 0.25) is 5.91 Å². The summed E-state index contributed by atoms with van der Waals surface area (Å²) in [6.07, 6.45) is 1.30. The number of halogens is 1. The Morgan fingerprint density at radius 1 is 1.05 bits per heavy atom. The molecule has 0 unspecified atom stereocenters. The number of piperazine rings is 1. The Labute approximate surface area is 250 Å². The van der Waals surface area contributed by atoms with Crippen molar-refractivity contribution in [3.05, 3.63) is 105 Å². The molecule has 5 rings (SSSR count). The molecule has 0 bridgehead atoms. The van der Waals surface area contributed by atoms with Crippen molar-refractivity contribution < 1.29 is 4.79 Å². The molecule has 1 amide bonds. The fourth-order valence-electron chi connectivity index (χ4n) is 5.85. The first-order chi connectivity index (χ1) is 20.2. The van der Waals surface area contributed by atoms with Crippen molar-refractivity contribution in [2.24, 2.45) is 0 Å². The SMILES string of the molecule is C=CC(=O)N1CCN(c2c(C#N)c(=O)n(-c3ccccc3C(C)C)c3cc(-c4ccccc4C#N)c(Cl)cc23)[C@@H](C)C1. The van der Waals surface area contributed by atoms with Gasteiger partial charge in [0, 0.05) is 47.2 Å². The number of rotatable bonds is 5. The molecule has 4 aromatic rings. The highest BCUT2D eigenvalue weighted by Crippen LogP contribution is 2.40. The summed E-state index contributed by atoms with van der Waals surface area (Å²) in [7, 11) is 0. The van der Waals surface area contributed by atoms with Crippen molar-refractivity contribution >= 4 is 34.1 Å². The van der Waals surface area contributed by atoms with Crippen LogP contribution in [0.3, 0.4) is 0 Å². The Kier molecular flexibility index (Phi) is 7.89. The molecule has 0 spiro atoms. The smallest absolute Gasteiger partial charge is 0.275 e. The summed E-state index contributed by atoms with van der Waals surface area (Å²) < 4.78 is 1.60. The number of pyridine rings is 1. The maximum atomic E-state index is 14.4. The number of aromatic nitrogens is 1. The minimum atomic E-state index is -0.438. The minimum Gasteiger partial charge on any atom is -0.363 e. The van der Waals surface area contributed by atoms with Crippen LogP contribution in [0.2, 0.25) is 5.02 Å². The molecule has 1 saturated heterocycles. The second kappa shape index (κ2) is 11.6. The van der Waals surface area contributed by atoms with Crippen molar-refractivity contribution in [1.82, 2.24) is 9.47 Å². The molecule has 7 nitrogen and oxygen atoms in total. The molecule has 1 aliphatic heterocycles. The molecule has 1 aromatic heterocycles. The Morgan fingerprint density at radius 2 is 1.76 bits per heavy atom. The number of carbonyl (C=O) groups is 1. The number of para-hydroxylation sites is 1.